The summed E-state index contributed by atoms with van der Waals surface area (Å²) in [6.45, 7) is 5.02. The molecule has 1 aromatic carbocycles. The van der Waals surface area contributed by atoms with Gasteiger partial charge in [0.2, 0.25) is 11.8 Å². The van der Waals surface area contributed by atoms with Gasteiger partial charge in [0.25, 0.3) is 0 Å². The quantitative estimate of drug-likeness (QED) is 0.256. The Balaban J connectivity index is 1.40. The summed E-state index contributed by atoms with van der Waals surface area (Å²) in [5.74, 6) is -1.41. The summed E-state index contributed by atoms with van der Waals surface area (Å²) in [6.07, 6.45) is 7.11. The number of carboxylic acid groups (broad SMARTS) is 1. The minimum Gasteiger partial charge on any atom is -0.507 e. The fourth-order valence-corrected chi connectivity index (χ4v) is 6.13. The number of rotatable bonds is 11. The highest BCUT2D eigenvalue weighted by atomic mass is 16.5. The summed E-state index contributed by atoms with van der Waals surface area (Å²) in [5, 5.41) is 18.9. The number of nitrogens with zero attached hydrogens (tertiary/aromatic N) is 1. The predicted octanol–water partition coefficient (Wildman–Crippen LogP) is 4.95. The Kier molecular flexibility index (Phi) is 8.29. The Labute approximate surface area is 212 Å². The number of benzene rings is 1. The van der Waals surface area contributed by atoms with Crippen LogP contribution >= 0.6 is 0 Å². The van der Waals surface area contributed by atoms with E-state index in [9.17, 15) is 19.5 Å². The average Bonchev–Trinajstić information content (AvgIpc) is 3.37. The van der Waals surface area contributed by atoms with E-state index in [2.05, 4.69) is 13.8 Å². The number of aromatic hydroxyl groups is 1. The van der Waals surface area contributed by atoms with Gasteiger partial charge in [0.15, 0.2) is 0 Å². The van der Waals surface area contributed by atoms with Crippen molar-refractivity contribution in [2.45, 2.75) is 71.3 Å². The lowest BCUT2D eigenvalue weighted by atomic mass is 9.70. The highest BCUT2D eigenvalue weighted by molar-refractivity contribution is 6.05. The molecule has 0 aromatic heterocycles. The van der Waals surface area contributed by atoms with Crippen molar-refractivity contribution in [3.8, 4) is 5.75 Å². The van der Waals surface area contributed by atoms with Crippen molar-refractivity contribution < 1.29 is 29.3 Å². The average molecular weight is 496 g/mol. The number of phenols is 1. The molecule has 2 N–H and O–H groups in total. The van der Waals surface area contributed by atoms with Gasteiger partial charge in [-0.3, -0.25) is 19.3 Å². The first-order chi connectivity index (χ1) is 17.3. The molecule has 0 spiro atoms. The largest absolute Gasteiger partial charge is 0.507 e. The van der Waals surface area contributed by atoms with Gasteiger partial charge < -0.3 is 14.9 Å². The Hall–Kier alpha value is -2.93. The normalized spacial score (nSPS) is 25.9. The minimum absolute atomic E-state index is 0.0468. The summed E-state index contributed by atoms with van der Waals surface area (Å²) < 4.78 is 6.23. The standard InChI is InChI=1S/C29H37NO6/c1-3-19(16-20-9-6-7-10-23(20)31)12-13-24-26-18(2)15-21-27(22(26)17-36-24)29(35)30(28(21)34)14-8-4-5-11-25(32)33/h6-7,9-10,16,21-22,24,27,31H,3-5,8,11-15,17H2,1-2H3,(H,32,33)/b19-16+/t21-,22+,24-,27-/m1/s1. The van der Waals surface area contributed by atoms with Gasteiger partial charge in [-0.05, 0) is 57.1 Å². The topological polar surface area (TPSA) is 104 Å². The Morgan fingerprint density at radius 1 is 1.11 bits per heavy atom. The van der Waals surface area contributed by atoms with Crippen molar-refractivity contribution in [2.24, 2.45) is 17.8 Å². The molecule has 1 aromatic rings. The number of phenolic OH excluding ortho intramolecular Hbond substituents is 1. The van der Waals surface area contributed by atoms with Crippen LogP contribution in [0.4, 0.5) is 0 Å². The first-order valence-electron chi connectivity index (χ1n) is 13.2. The molecule has 2 saturated heterocycles. The number of hydrogen-bond donors (Lipinski definition) is 2. The van der Waals surface area contributed by atoms with Gasteiger partial charge in [0.1, 0.15) is 5.75 Å². The number of ether oxygens (including phenoxy) is 1. The number of carbonyl (C=O) groups excluding carboxylic acids is 2. The van der Waals surface area contributed by atoms with Gasteiger partial charge in [0, 0.05) is 24.4 Å². The van der Waals surface area contributed by atoms with Gasteiger partial charge in [-0.1, -0.05) is 48.8 Å². The molecule has 2 heterocycles. The molecule has 194 valence electrons. The van der Waals surface area contributed by atoms with E-state index >= 15 is 0 Å². The van der Waals surface area contributed by atoms with Crippen LogP contribution in [-0.4, -0.2) is 52.2 Å². The fourth-order valence-electron chi connectivity index (χ4n) is 6.13. The number of amides is 2. The van der Waals surface area contributed by atoms with E-state index in [0.29, 0.717) is 38.8 Å². The van der Waals surface area contributed by atoms with Crippen molar-refractivity contribution in [3.05, 3.63) is 46.5 Å². The van der Waals surface area contributed by atoms with Crippen LogP contribution in [-0.2, 0) is 19.1 Å². The summed E-state index contributed by atoms with van der Waals surface area (Å²) in [7, 11) is 0. The third kappa shape index (κ3) is 5.41. The zero-order valence-electron chi connectivity index (χ0n) is 21.2. The first kappa shape index (κ1) is 26.1. The molecule has 0 bridgehead atoms. The molecule has 2 fully saturated rings. The van der Waals surface area contributed by atoms with Crippen LogP contribution in [0.5, 0.6) is 5.75 Å². The van der Waals surface area contributed by atoms with Gasteiger partial charge in [-0.2, -0.15) is 0 Å². The van der Waals surface area contributed by atoms with E-state index in [4.69, 9.17) is 9.84 Å². The monoisotopic (exact) mass is 495 g/mol. The lowest BCUT2D eigenvalue weighted by molar-refractivity contribution is -0.141. The van der Waals surface area contributed by atoms with Crippen LogP contribution in [0, 0.1) is 17.8 Å². The van der Waals surface area contributed by atoms with Crippen molar-refractivity contribution in [2.75, 3.05) is 13.2 Å². The number of carbonyl (C=O) groups is 3. The van der Waals surface area contributed by atoms with E-state index in [1.807, 2.05) is 24.3 Å². The molecule has 0 saturated carbocycles. The smallest absolute Gasteiger partial charge is 0.303 e. The number of likely N-dealkylation sites (tertiary alicyclic amines) is 1. The molecule has 36 heavy (non-hydrogen) atoms. The molecule has 2 aliphatic heterocycles. The zero-order chi connectivity index (χ0) is 25.8. The third-order valence-electron chi connectivity index (χ3n) is 7.99. The number of para-hydroxylation sites is 1. The molecular formula is C29H37NO6. The number of hydrogen-bond acceptors (Lipinski definition) is 5. The maximum atomic E-state index is 13.3. The second-order valence-electron chi connectivity index (χ2n) is 10.3. The summed E-state index contributed by atoms with van der Waals surface area (Å²) in [5.41, 5.74) is 4.43. The van der Waals surface area contributed by atoms with Gasteiger partial charge >= 0.3 is 5.97 Å². The molecule has 7 heteroatoms. The van der Waals surface area contributed by atoms with Crippen molar-refractivity contribution in [1.29, 1.82) is 0 Å². The van der Waals surface area contributed by atoms with Crippen molar-refractivity contribution >= 4 is 23.9 Å². The number of unbranched alkanes of at least 4 members (excludes halogenated alkanes) is 2. The number of carboxylic acids is 1. The van der Waals surface area contributed by atoms with Crippen LogP contribution in [0.25, 0.3) is 6.08 Å². The van der Waals surface area contributed by atoms with Crippen LogP contribution in [0.15, 0.2) is 41.0 Å². The van der Waals surface area contributed by atoms with Gasteiger partial charge in [0.05, 0.1) is 24.5 Å². The number of fused-ring (bicyclic) bond motifs is 3. The van der Waals surface area contributed by atoms with Crippen LogP contribution in [0.2, 0.25) is 0 Å². The van der Waals surface area contributed by atoms with Crippen LogP contribution < -0.4 is 0 Å². The second kappa shape index (κ2) is 11.4. The Bertz CT molecular complexity index is 1070. The van der Waals surface area contributed by atoms with Crippen LogP contribution in [0.1, 0.15) is 70.8 Å². The van der Waals surface area contributed by atoms with E-state index in [1.165, 1.54) is 21.6 Å². The van der Waals surface area contributed by atoms with E-state index < -0.39 is 5.97 Å². The predicted molar refractivity (Wildman–Crippen MR) is 136 cm³/mol. The SMILES string of the molecule is CC/C(=C\c1ccccc1O)CC[C@H]1OC[C@H]2C1=C(C)C[C@H]1C(=O)N(CCCCCC(=O)O)C(=O)[C@H]12. The summed E-state index contributed by atoms with van der Waals surface area (Å²) in [6, 6.07) is 7.32. The first-order valence-corrected chi connectivity index (χ1v) is 13.2. The van der Waals surface area contributed by atoms with E-state index in [0.717, 1.165) is 24.8 Å². The molecule has 2 amide bonds. The lowest BCUT2D eigenvalue weighted by Crippen LogP contribution is -2.34. The van der Waals surface area contributed by atoms with Crippen molar-refractivity contribution in [1.82, 2.24) is 4.90 Å². The van der Waals surface area contributed by atoms with E-state index in [-0.39, 0.29) is 47.8 Å². The van der Waals surface area contributed by atoms with Crippen LogP contribution in [0.3, 0.4) is 0 Å². The maximum absolute atomic E-state index is 13.3. The van der Waals surface area contributed by atoms with Gasteiger partial charge in [-0.25, -0.2) is 0 Å². The minimum atomic E-state index is -0.820. The maximum Gasteiger partial charge on any atom is 0.303 e. The number of imide groups is 1. The molecule has 3 aliphatic rings. The molecular weight excluding hydrogens is 458 g/mol. The summed E-state index contributed by atoms with van der Waals surface area (Å²) in [4.78, 5) is 38.6. The zero-order valence-corrected chi connectivity index (χ0v) is 21.2. The van der Waals surface area contributed by atoms with E-state index in [1.54, 1.807) is 6.07 Å². The highest BCUT2D eigenvalue weighted by Gasteiger charge is 2.56. The van der Waals surface area contributed by atoms with Crippen molar-refractivity contribution in [3.63, 3.8) is 0 Å². The lowest BCUT2D eigenvalue weighted by Gasteiger charge is -2.30. The molecule has 4 atom stereocenters. The molecule has 7 nitrogen and oxygen atoms in total. The van der Waals surface area contributed by atoms with Gasteiger partial charge in [-0.15, -0.1) is 0 Å². The highest BCUT2D eigenvalue weighted by Crippen LogP contribution is 2.49. The Morgan fingerprint density at radius 3 is 2.61 bits per heavy atom. The molecule has 0 radical (unpaired) electrons. The Morgan fingerprint density at radius 2 is 1.89 bits per heavy atom. The second-order valence-corrected chi connectivity index (χ2v) is 10.3. The number of allylic oxidation sites excluding steroid dienone is 2. The molecule has 0 unspecified atom stereocenters. The third-order valence-corrected chi connectivity index (χ3v) is 7.99. The molecule has 4 rings (SSSR count). The molecule has 1 aliphatic carbocycles. The number of aliphatic carboxylic acids is 1. The fraction of sp³-hybridized carbons (Fsp3) is 0.552. The summed E-state index contributed by atoms with van der Waals surface area (Å²) >= 11 is 0.